The fraction of sp³-hybridized carbons (Fsp3) is 0.0800. The van der Waals surface area contributed by atoms with Crippen LogP contribution in [-0.2, 0) is 14.6 Å². The van der Waals surface area contributed by atoms with Gasteiger partial charge in [0, 0.05) is 39.9 Å². The Morgan fingerprint density at radius 3 is 2.64 bits per heavy atom. The molecule has 9 nitrogen and oxygen atoms in total. The molecule has 1 unspecified atom stereocenters. The monoisotopic (exact) mass is 514 g/mol. The van der Waals surface area contributed by atoms with E-state index < -0.39 is 15.8 Å². The van der Waals surface area contributed by atoms with E-state index in [-0.39, 0.29) is 16.5 Å². The molecule has 36 heavy (non-hydrogen) atoms. The van der Waals surface area contributed by atoms with E-state index in [0.29, 0.717) is 33.2 Å². The van der Waals surface area contributed by atoms with Gasteiger partial charge >= 0.3 is 0 Å². The van der Waals surface area contributed by atoms with Crippen LogP contribution in [0.4, 0.5) is 0 Å². The van der Waals surface area contributed by atoms with Crippen LogP contribution in [0.25, 0.3) is 22.0 Å². The van der Waals surface area contributed by atoms with Gasteiger partial charge < -0.3 is 10.7 Å². The first-order valence-corrected chi connectivity index (χ1v) is 13.7. The summed E-state index contributed by atoms with van der Waals surface area (Å²) in [5, 5.41) is 22.3. The lowest BCUT2D eigenvalue weighted by molar-refractivity contribution is -0.121. The third-order valence-electron chi connectivity index (χ3n) is 6.15. The van der Waals surface area contributed by atoms with Crippen molar-refractivity contribution in [1.82, 2.24) is 20.5 Å². The largest absolute Gasteiger partial charge is 0.309 e. The number of allylic oxidation sites excluding steroid dienone is 3. The number of hydrogen-bond donors (Lipinski definition) is 3. The number of fused-ring (bicyclic) bond motifs is 2. The van der Waals surface area contributed by atoms with Crippen LogP contribution in [0.3, 0.4) is 0 Å². The average molecular weight is 515 g/mol. The Morgan fingerprint density at radius 1 is 1.11 bits per heavy atom. The first-order chi connectivity index (χ1) is 17.3. The molecule has 4 aromatic rings. The van der Waals surface area contributed by atoms with Gasteiger partial charge in [0.25, 0.3) is 0 Å². The van der Waals surface area contributed by atoms with E-state index >= 15 is 0 Å². The number of nitrogens with one attached hydrogen (secondary N) is 3. The molecule has 0 bridgehead atoms. The van der Waals surface area contributed by atoms with Crippen molar-refractivity contribution >= 4 is 60.7 Å². The van der Waals surface area contributed by atoms with Gasteiger partial charge in [-0.3, -0.25) is 9.89 Å². The Bertz CT molecular complexity index is 1760. The van der Waals surface area contributed by atoms with Crippen molar-refractivity contribution in [2.75, 3.05) is 6.26 Å². The van der Waals surface area contributed by atoms with Crippen LogP contribution in [0.5, 0.6) is 0 Å². The standard InChI is InChI=1S/C25H18N6O3S2/c1-36(33,34)14-7-5-13(6-8-14)23-29-22-17(25-27-9-10-35-25)11-16(21(26)20(22)24(32)30-23)15-3-2-4-19-18(15)12-28-31-19/h2-12,20,26H,1H3,(H,28,31)(H,29,30,32). The van der Waals surface area contributed by atoms with Gasteiger partial charge in [-0.05, 0) is 42.0 Å². The summed E-state index contributed by atoms with van der Waals surface area (Å²) in [6.45, 7) is 0. The second-order valence-electron chi connectivity index (χ2n) is 8.42. The minimum absolute atomic E-state index is 0.131. The van der Waals surface area contributed by atoms with Crippen LogP contribution in [0.15, 0.2) is 81.9 Å². The fourth-order valence-electron chi connectivity index (χ4n) is 4.41. The molecule has 1 aliphatic carbocycles. The SMILES string of the molecule is CS(=O)(=O)c1ccc(C2=NC3=C(c4nccs4)C=C(c4cccc5[nH]ncc45)C(=N)C3C(=O)N2)cc1. The predicted octanol–water partition coefficient (Wildman–Crippen LogP) is 3.44. The van der Waals surface area contributed by atoms with Crippen LogP contribution in [0.2, 0.25) is 0 Å². The maximum Gasteiger partial charge on any atom is 0.240 e. The molecule has 2 aromatic heterocycles. The number of hydrogen-bond acceptors (Lipinski definition) is 8. The van der Waals surface area contributed by atoms with Crippen molar-refractivity contribution in [1.29, 1.82) is 5.41 Å². The molecular weight excluding hydrogens is 496 g/mol. The fourth-order valence-corrected chi connectivity index (χ4v) is 5.70. The van der Waals surface area contributed by atoms with Crippen LogP contribution >= 0.6 is 11.3 Å². The Hall–Kier alpha value is -4.22. The number of amidine groups is 1. The van der Waals surface area contributed by atoms with Crippen molar-refractivity contribution < 1.29 is 13.2 Å². The number of aromatic nitrogens is 3. The first kappa shape index (κ1) is 22.3. The summed E-state index contributed by atoms with van der Waals surface area (Å²) in [6, 6.07) is 11.9. The third-order valence-corrected chi connectivity index (χ3v) is 8.08. The zero-order valence-electron chi connectivity index (χ0n) is 18.8. The van der Waals surface area contributed by atoms with Gasteiger partial charge in [0.15, 0.2) is 9.84 Å². The minimum atomic E-state index is -3.36. The molecule has 2 aromatic carbocycles. The number of H-pyrrole nitrogens is 1. The second-order valence-corrected chi connectivity index (χ2v) is 11.3. The highest BCUT2D eigenvalue weighted by molar-refractivity contribution is 7.90. The molecule has 0 spiro atoms. The number of carbonyl (C=O) groups excluding carboxylic acids is 1. The molecule has 1 atom stereocenters. The summed E-state index contributed by atoms with van der Waals surface area (Å²) >= 11 is 1.42. The van der Waals surface area contributed by atoms with Gasteiger partial charge in [-0.2, -0.15) is 5.10 Å². The molecule has 3 heterocycles. The maximum atomic E-state index is 13.4. The Labute approximate surface area is 209 Å². The molecule has 178 valence electrons. The van der Waals surface area contributed by atoms with E-state index in [1.54, 1.807) is 24.5 Å². The minimum Gasteiger partial charge on any atom is -0.309 e. The van der Waals surface area contributed by atoms with E-state index in [0.717, 1.165) is 22.7 Å². The predicted molar refractivity (Wildman–Crippen MR) is 139 cm³/mol. The highest BCUT2D eigenvalue weighted by atomic mass is 32.2. The number of benzene rings is 2. The number of nitrogens with zero attached hydrogens (tertiary/aromatic N) is 3. The Morgan fingerprint density at radius 2 is 1.92 bits per heavy atom. The lowest BCUT2D eigenvalue weighted by atomic mass is 9.80. The molecule has 1 aliphatic heterocycles. The third kappa shape index (κ3) is 3.60. The molecule has 0 fully saturated rings. The molecule has 0 radical (unpaired) electrons. The van der Waals surface area contributed by atoms with Crippen LogP contribution in [-0.4, -0.2) is 47.3 Å². The van der Waals surface area contributed by atoms with Gasteiger partial charge in [-0.1, -0.05) is 12.1 Å². The molecule has 0 saturated heterocycles. The summed E-state index contributed by atoms with van der Waals surface area (Å²) < 4.78 is 23.7. The lowest BCUT2D eigenvalue weighted by Crippen LogP contribution is -2.45. The number of thiazole rings is 1. The van der Waals surface area contributed by atoms with Crippen LogP contribution in [0.1, 0.15) is 16.1 Å². The number of rotatable bonds is 4. The van der Waals surface area contributed by atoms with Gasteiger partial charge in [0.2, 0.25) is 5.91 Å². The molecule has 3 N–H and O–H groups in total. The quantitative estimate of drug-likeness (QED) is 0.383. The summed E-state index contributed by atoms with van der Waals surface area (Å²) in [4.78, 5) is 22.8. The number of amides is 1. The molecular formula is C25H18N6O3S2. The van der Waals surface area contributed by atoms with E-state index in [1.165, 1.54) is 23.5 Å². The first-order valence-electron chi connectivity index (χ1n) is 10.9. The van der Waals surface area contributed by atoms with Gasteiger partial charge in [-0.25, -0.2) is 18.4 Å². The lowest BCUT2D eigenvalue weighted by Gasteiger charge is -2.30. The zero-order chi connectivity index (χ0) is 25.0. The van der Waals surface area contributed by atoms with E-state index in [2.05, 4.69) is 20.5 Å². The second kappa shape index (κ2) is 8.18. The van der Waals surface area contributed by atoms with E-state index in [1.807, 2.05) is 29.7 Å². The summed E-state index contributed by atoms with van der Waals surface area (Å²) in [7, 11) is -3.36. The smallest absolute Gasteiger partial charge is 0.240 e. The number of aliphatic imine (C=N–C) groups is 1. The van der Waals surface area contributed by atoms with Gasteiger partial charge in [0.1, 0.15) is 16.8 Å². The highest BCUT2D eigenvalue weighted by Crippen LogP contribution is 2.41. The van der Waals surface area contributed by atoms with E-state index in [4.69, 9.17) is 10.4 Å². The molecule has 1 amide bonds. The summed E-state index contributed by atoms with van der Waals surface area (Å²) in [5.41, 5.74) is 4.02. The van der Waals surface area contributed by atoms with Crippen LogP contribution in [0, 0.1) is 11.3 Å². The van der Waals surface area contributed by atoms with Crippen molar-refractivity contribution in [3.05, 3.63) is 88.1 Å². The van der Waals surface area contributed by atoms with Gasteiger partial charge in [-0.15, -0.1) is 11.3 Å². The van der Waals surface area contributed by atoms with Crippen molar-refractivity contribution in [2.45, 2.75) is 4.90 Å². The van der Waals surface area contributed by atoms with Crippen molar-refractivity contribution in [3.63, 3.8) is 0 Å². The number of carbonyl (C=O) groups is 1. The molecule has 11 heteroatoms. The number of sulfone groups is 1. The zero-order valence-corrected chi connectivity index (χ0v) is 20.4. The van der Waals surface area contributed by atoms with E-state index in [9.17, 15) is 13.2 Å². The Kier molecular flexibility index (Phi) is 5.06. The maximum absolute atomic E-state index is 13.4. The van der Waals surface area contributed by atoms with Gasteiger partial charge in [0.05, 0.1) is 28.0 Å². The van der Waals surface area contributed by atoms with Crippen LogP contribution < -0.4 is 5.32 Å². The molecule has 6 rings (SSSR count). The number of aromatic amines is 1. The molecule has 0 saturated carbocycles. The normalized spacial score (nSPS) is 18.1. The average Bonchev–Trinajstić information content (AvgIpc) is 3.56. The Balaban J connectivity index is 1.55. The topological polar surface area (TPSA) is 141 Å². The highest BCUT2D eigenvalue weighted by Gasteiger charge is 2.40. The molecule has 2 aliphatic rings. The van der Waals surface area contributed by atoms with Crippen molar-refractivity contribution in [2.24, 2.45) is 10.9 Å². The van der Waals surface area contributed by atoms with Crippen molar-refractivity contribution in [3.8, 4) is 0 Å². The summed E-state index contributed by atoms with van der Waals surface area (Å²) in [6.07, 6.45) is 6.39. The summed E-state index contributed by atoms with van der Waals surface area (Å²) in [5.74, 6) is -1.02.